The molecule has 1 saturated heterocycles. The smallest absolute Gasteiger partial charge is 0.394 e. The van der Waals surface area contributed by atoms with Crippen LogP contribution in [0.3, 0.4) is 0 Å². The summed E-state index contributed by atoms with van der Waals surface area (Å²) in [6, 6.07) is 18.7. The summed E-state index contributed by atoms with van der Waals surface area (Å²) in [7, 11) is -4.67. The molecule has 0 bridgehead atoms. The summed E-state index contributed by atoms with van der Waals surface area (Å²) in [5.41, 5.74) is 1.17. The third kappa shape index (κ3) is 22.2. The van der Waals surface area contributed by atoms with Gasteiger partial charge in [0.1, 0.15) is 5.75 Å². The van der Waals surface area contributed by atoms with E-state index < -0.39 is 10.4 Å². The molecular weight excluding hydrogens is 320 g/mol. The van der Waals surface area contributed by atoms with Crippen molar-refractivity contribution < 1.29 is 27.4 Å². The van der Waals surface area contributed by atoms with Crippen LogP contribution in [0, 0.1) is 0 Å². The SMILES string of the molecule is C1CO1.C=Cc1ccccc1.O=S(=O)(O)O.Oc1ccccc1. The van der Waals surface area contributed by atoms with Crippen LogP contribution in [0.1, 0.15) is 5.56 Å². The summed E-state index contributed by atoms with van der Waals surface area (Å²) >= 11 is 0. The minimum Gasteiger partial charge on any atom is -0.508 e. The first-order chi connectivity index (χ1) is 10.8. The van der Waals surface area contributed by atoms with Crippen LogP contribution in [0.2, 0.25) is 0 Å². The van der Waals surface area contributed by atoms with E-state index in [0.29, 0.717) is 5.75 Å². The Morgan fingerprint density at radius 2 is 1.26 bits per heavy atom. The van der Waals surface area contributed by atoms with Crippen LogP contribution >= 0.6 is 0 Å². The van der Waals surface area contributed by atoms with Crippen molar-refractivity contribution in [3.8, 4) is 5.75 Å². The molecule has 0 atom stereocenters. The Kier molecular flexibility index (Phi) is 11.2. The summed E-state index contributed by atoms with van der Waals surface area (Å²) in [4.78, 5) is 0. The molecule has 2 aromatic carbocycles. The van der Waals surface area contributed by atoms with Gasteiger partial charge in [0.25, 0.3) is 0 Å². The van der Waals surface area contributed by atoms with E-state index in [2.05, 4.69) is 11.3 Å². The number of epoxide rings is 1. The zero-order chi connectivity index (χ0) is 17.6. The zero-order valence-electron chi connectivity index (χ0n) is 12.4. The number of hydrogen-bond acceptors (Lipinski definition) is 4. The fourth-order valence-electron chi connectivity index (χ4n) is 1.02. The average molecular weight is 340 g/mol. The number of ether oxygens (including phenoxy) is 1. The fraction of sp³-hybridized carbons (Fsp3) is 0.125. The van der Waals surface area contributed by atoms with Crippen molar-refractivity contribution in [2.24, 2.45) is 0 Å². The van der Waals surface area contributed by atoms with Crippen molar-refractivity contribution in [1.29, 1.82) is 0 Å². The van der Waals surface area contributed by atoms with Gasteiger partial charge in [0, 0.05) is 0 Å². The lowest BCUT2D eigenvalue weighted by Gasteiger charge is -1.85. The maximum atomic E-state index is 8.74. The van der Waals surface area contributed by atoms with Gasteiger partial charge in [-0.3, -0.25) is 9.11 Å². The van der Waals surface area contributed by atoms with E-state index in [1.807, 2.05) is 42.5 Å². The summed E-state index contributed by atoms with van der Waals surface area (Å²) in [6.07, 6.45) is 1.83. The Morgan fingerprint density at radius 3 is 1.43 bits per heavy atom. The van der Waals surface area contributed by atoms with Crippen molar-refractivity contribution in [2.45, 2.75) is 0 Å². The predicted molar refractivity (Wildman–Crippen MR) is 89.6 cm³/mol. The van der Waals surface area contributed by atoms with Gasteiger partial charge in [-0.1, -0.05) is 61.2 Å². The Hall–Kier alpha value is -2.19. The van der Waals surface area contributed by atoms with Crippen LogP contribution in [-0.2, 0) is 15.1 Å². The first-order valence-electron chi connectivity index (χ1n) is 6.52. The van der Waals surface area contributed by atoms with Crippen LogP contribution in [0.25, 0.3) is 6.08 Å². The number of phenolic OH excluding ortho intramolecular Hbond substituents is 1. The highest BCUT2D eigenvalue weighted by Gasteiger charge is 1.94. The van der Waals surface area contributed by atoms with Crippen molar-refractivity contribution in [3.05, 3.63) is 72.8 Å². The van der Waals surface area contributed by atoms with Gasteiger partial charge in [-0.2, -0.15) is 8.42 Å². The summed E-state index contributed by atoms with van der Waals surface area (Å²) < 4.78 is 36.1. The summed E-state index contributed by atoms with van der Waals surface area (Å²) in [5, 5.41) is 8.63. The molecule has 0 aromatic heterocycles. The van der Waals surface area contributed by atoms with E-state index in [-0.39, 0.29) is 0 Å². The highest BCUT2D eigenvalue weighted by Crippen LogP contribution is 2.02. The molecule has 0 spiro atoms. The highest BCUT2D eigenvalue weighted by molar-refractivity contribution is 7.79. The van der Waals surface area contributed by atoms with Crippen LogP contribution in [0.4, 0.5) is 0 Å². The Balaban J connectivity index is 0.000000295. The quantitative estimate of drug-likeness (QED) is 0.544. The molecule has 0 radical (unpaired) electrons. The Labute approximate surface area is 136 Å². The zero-order valence-corrected chi connectivity index (χ0v) is 13.3. The molecule has 3 N–H and O–H groups in total. The molecule has 2 aromatic rings. The first-order valence-corrected chi connectivity index (χ1v) is 7.91. The number of aromatic hydroxyl groups is 1. The monoisotopic (exact) mass is 340 g/mol. The number of phenols is 1. The third-order valence-electron chi connectivity index (χ3n) is 2.00. The maximum Gasteiger partial charge on any atom is 0.394 e. The maximum absolute atomic E-state index is 8.74. The summed E-state index contributed by atoms with van der Waals surface area (Å²) in [5.74, 6) is 0.322. The van der Waals surface area contributed by atoms with E-state index in [1.54, 1.807) is 24.3 Å². The molecule has 0 aliphatic carbocycles. The van der Waals surface area contributed by atoms with Gasteiger partial charge in [-0.15, -0.1) is 0 Å². The van der Waals surface area contributed by atoms with Crippen LogP contribution in [0.5, 0.6) is 5.75 Å². The Bertz CT molecular complexity index is 613. The molecular formula is C16H20O6S. The minimum absolute atomic E-state index is 0.322. The molecule has 6 nitrogen and oxygen atoms in total. The van der Waals surface area contributed by atoms with Crippen molar-refractivity contribution in [3.63, 3.8) is 0 Å². The molecule has 1 aliphatic rings. The predicted octanol–water partition coefficient (Wildman–Crippen LogP) is 3.09. The van der Waals surface area contributed by atoms with E-state index in [0.717, 1.165) is 13.2 Å². The van der Waals surface area contributed by atoms with Gasteiger partial charge < -0.3 is 9.84 Å². The molecule has 1 aliphatic heterocycles. The molecule has 126 valence electrons. The van der Waals surface area contributed by atoms with Crippen molar-refractivity contribution in [1.82, 2.24) is 0 Å². The molecule has 0 saturated carbocycles. The second-order valence-electron chi connectivity index (χ2n) is 4.01. The van der Waals surface area contributed by atoms with Gasteiger partial charge in [0.15, 0.2) is 0 Å². The van der Waals surface area contributed by atoms with Crippen LogP contribution in [-0.4, -0.2) is 35.8 Å². The van der Waals surface area contributed by atoms with E-state index in [1.165, 1.54) is 5.56 Å². The molecule has 3 rings (SSSR count). The second kappa shape index (κ2) is 12.4. The van der Waals surface area contributed by atoms with Gasteiger partial charge in [0.2, 0.25) is 0 Å². The molecule has 1 fully saturated rings. The first kappa shape index (κ1) is 20.8. The number of rotatable bonds is 1. The second-order valence-corrected chi connectivity index (χ2v) is 4.91. The van der Waals surface area contributed by atoms with E-state index in [9.17, 15) is 0 Å². The number of hydrogen-bond donors (Lipinski definition) is 3. The van der Waals surface area contributed by atoms with Gasteiger partial charge in [-0.25, -0.2) is 0 Å². The van der Waals surface area contributed by atoms with Crippen LogP contribution < -0.4 is 0 Å². The third-order valence-corrected chi connectivity index (χ3v) is 2.00. The van der Waals surface area contributed by atoms with Gasteiger partial charge in [-0.05, 0) is 17.7 Å². The normalized spacial score (nSPS) is 11.2. The number of benzene rings is 2. The minimum atomic E-state index is -4.67. The lowest BCUT2D eigenvalue weighted by Crippen LogP contribution is -1.89. The van der Waals surface area contributed by atoms with Crippen molar-refractivity contribution >= 4 is 16.5 Å². The lowest BCUT2D eigenvalue weighted by molar-refractivity contribution is 0.381. The highest BCUT2D eigenvalue weighted by atomic mass is 32.3. The number of para-hydroxylation sites is 1. The average Bonchev–Trinajstić information content (AvgIpc) is 3.36. The Morgan fingerprint density at radius 1 is 0.913 bits per heavy atom. The molecule has 0 amide bonds. The molecule has 7 heteroatoms. The summed E-state index contributed by atoms with van der Waals surface area (Å²) in [6.45, 7) is 5.63. The molecule has 0 unspecified atom stereocenters. The van der Waals surface area contributed by atoms with Crippen molar-refractivity contribution in [2.75, 3.05) is 13.2 Å². The largest absolute Gasteiger partial charge is 0.508 e. The van der Waals surface area contributed by atoms with Crippen LogP contribution in [0.15, 0.2) is 67.2 Å². The van der Waals surface area contributed by atoms with E-state index >= 15 is 0 Å². The topological polar surface area (TPSA) is 107 Å². The molecule has 1 heterocycles. The van der Waals surface area contributed by atoms with Gasteiger partial charge >= 0.3 is 10.4 Å². The van der Waals surface area contributed by atoms with Gasteiger partial charge in [0.05, 0.1) is 13.2 Å². The molecule has 23 heavy (non-hydrogen) atoms. The lowest BCUT2D eigenvalue weighted by atomic mass is 10.2. The fourth-order valence-corrected chi connectivity index (χ4v) is 1.02. The van der Waals surface area contributed by atoms with E-state index in [4.69, 9.17) is 22.6 Å². The standard InChI is InChI=1S/C8H8.C6H6O.C2H4O.H2O4S/c1-2-8-6-4-3-5-7-8;7-6-4-2-1-3-5-6;1-2-3-1;1-5(2,3)4/h2-7H,1H2;1-5,7H;1-2H2;(H2,1,2,3,4).